The first-order chi connectivity index (χ1) is 6.81. The van der Waals surface area contributed by atoms with Crippen molar-refractivity contribution >= 4 is 12.2 Å². The summed E-state index contributed by atoms with van der Waals surface area (Å²) in [5.74, 6) is 0. The number of imidazole rings is 1. The topological polar surface area (TPSA) is 44.5 Å². The molecule has 0 bridgehead atoms. The van der Waals surface area contributed by atoms with Crippen molar-refractivity contribution in [3.63, 3.8) is 0 Å². The van der Waals surface area contributed by atoms with Crippen molar-refractivity contribution in [2.24, 2.45) is 0 Å². The van der Waals surface area contributed by atoms with Gasteiger partial charge in [-0.2, -0.15) is 5.26 Å². The summed E-state index contributed by atoms with van der Waals surface area (Å²) in [5.41, 5.74) is 1.60. The maximum Gasteiger partial charge on any atom is 0.181 e. The van der Waals surface area contributed by atoms with Crippen LogP contribution < -0.4 is 0 Å². The molecule has 0 spiro atoms. The average molecular weight is 201 g/mol. The van der Waals surface area contributed by atoms with Crippen LogP contribution in [0.3, 0.4) is 0 Å². The Morgan fingerprint density at radius 2 is 2.00 bits per heavy atom. The molecule has 1 heterocycles. The van der Waals surface area contributed by atoms with Gasteiger partial charge in [0, 0.05) is 18.1 Å². The van der Waals surface area contributed by atoms with E-state index in [1.807, 2.05) is 22.9 Å². The Hall–Kier alpha value is -1.86. The number of benzene rings is 1. The molecule has 1 N–H and O–H groups in total. The van der Waals surface area contributed by atoms with E-state index in [-0.39, 0.29) is 0 Å². The second-order valence-electron chi connectivity index (χ2n) is 2.79. The molecule has 68 valence electrons. The van der Waals surface area contributed by atoms with Gasteiger partial charge < -0.3 is 4.98 Å². The standard InChI is InChI=1S/C10H7N3S/c11-7-8-1-3-9(4-2-8)13-6-5-12-10(13)14/h1-6H,(H,12,14). The predicted molar refractivity (Wildman–Crippen MR) is 55.7 cm³/mol. The number of nitrogens with zero attached hydrogens (tertiary/aromatic N) is 2. The number of hydrogen-bond acceptors (Lipinski definition) is 2. The summed E-state index contributed by atoms with van der Waals surface area (Å²) < 4.78 is 2.49. The van der Waals surface area contributed by atoms with E-state index in [0.717, 1.165) is 5.69 Å². The molecule has 0 radical (unpaired) electrons. The van der Waals surface area contributed by atoms with Crippen LogP contribution in [0.25, 0.3) is 5.69 Å². The third kappa shape index (κ3) is 1.45. The first kappa shape index (κ1) is 8.73. The van der Waals surface area contributed by atoms with Crippen molar-refractivity contribution in [2.45, 2.75) is 0 Å². The lowest BCUT2D eigenvalue weighted by Crippen LogP contribution is -1.91. The van der Waals surface area contributed by atoms with Crippen molar-refractivity contribution in [1.29, 1.82) is 5.26 Å². The van der Waals surface area contributed by atoms with E-state index >= 15 is 0 Å². The molecule has 2 rings (SSSR count). The van der Waals surface area contributed by atoms with Gasteiger partial charge in [0.15, 0.2) is 4.77 Å². The minimum Gasteiger partial charge on any atom is -0.337 e. The van der Waals surface area contributed by atoms with Crippen LogP contribution in [0.15, 0.2) is 36.7 Å². The summed E-state index contributed by atoms with van der Waals surface area (Å²) in [6, 6.07) is 9.33. The molecule has 0 saturated heterocycles. The van der Waals surface area contributed by atoms with Crippen LogP contribution >= 0.6 is 12.2 Å². The van der Waals surface area contributed by atoms with E-state index in [0.29, 0.717) is 10.3 Å². The molecule has 0 aliphatic rings. The van der Waals surface area contributed by atoms with Crippen LogP contribution in [0.4, 0.5) is 0 Å². The van der Waals surface area contributed by atoms with Crippen LogP contribution in [0, 0.1) is 16.1 Å². The van der Waals surface area contributed by atoms with Crippen LogP contribution in [0.5, 0.6) is 0 Å². The number of hydrogen-bond donors (Lipinski definition) is 1. The number of nitriles is 1. The van der Waals surface area contributed by atoms with Gasteiger partial charge in [0.05, 0.1) is 11.6 Å². The summed E-state index contributed by atoms with van der Waals surface area (Å²) >= 11 is 5.07. The summed E-state index contributed by atoms with van der Waals surface area (Å²) in [4.78, 5) is 2.91. The quantitative estimate of drug-likeness (QED) is 0.720. The van der Waals surface area contributed by atoms with E-state index < -0.39 is 0 Å². The Labute approximate surface area is 86.2 Å². The number of aromatic amines is 1. The summed E-state index contributed by atoms with van der Waals surface area (Å²) in [6.45, 7) is 0. The second-order valence-corrected chi connectivity index (χ2v) is 3.18. The molecule has 1 aromatic carbocycles. The van der Waals surface area contributed by atoms with Crippen LogP contribution in [0.1, 0.15) is 5.56 Å². The summed E-state index contributed by atoms with van der Waals surface area (Å²) in [5, 5.41) is 8.63. The van der Waals surface area contributed by atoms with E-state index in [2.05, 4.69) is 11.1 Å². The van der Waals surface area contributed by atoms with Gasteiger partial charge >= 0.3 is 0 Å². The Kier molecular flexibility index (Phi) is 2.17. The zero-order chi connectivity index (χ0) is 9.97. The molecule has 0 aliphatic carbocycles. The van der Waals surface area contributed by atoms with Crippen LogP contribution in [0.2, 0.25) is 0 Å². The summed E-state index contributed by atoms with van der Waals surface area (Å²) in [6.07, 6.45) is 3.63. The van der Waals surface area contributed by atoms with Gasteiger partial charge in [-0.05, 0) is 36.5 Å². The van der Waals surface area contributed by atoms with Gasteiger partial charge in [0.2, 0.25) is 0 Å². The fraction of sp³-hybridized carbons (Fsp3) is 0. The highest BCUT2D eigenvalue weighted by Gasteiger charge is 1.96. The minimum absolute atomic E-state index is 0.648. The fourth-order valence-electron chi connectivity index (χ4n) is 1.22. The third-order valence-electron chi connectivity index (χ3n) is 1.92. The van der Waals surface area contributed by atoms with Crippen molar-refractivity contribution in [1.82, 2.24) is 9.55 Å². The van der Waals surface area contributed by atoms with Gasteiger partial charge in [0.1, 0.15) is 0 Å². The normalized spacial score (nSPS) is 9.64. The molecule has 4 heteroatoms. The molecular formula is C10H7N3S. The van der Waals surface area contributed by atoms with Crippen LogP contribution in [-0.2, 0) is 0 Å². The Morgan fingerprint density at radius 1 is 1.29 bits per heavy atom. The molecule has 0 saturated carbocycles. The molecule has 14 heavy (non-hydrogen) atoms. The summed E-state index contributed by atoms with van der Waals surface area (Å²) in [7, 11) is 0. The van der Waals surface area contributed by atoms with E-state index in [1.54, 1.807) is 18.3 Å². The number of aromatic nitrogens is 2. The highest BCUT2D eigenvalue weighted by atomic mass is 32.1. The monoisotopic (exact) mass is 201 g/mol. The van der Waals surface area contributed by atoms with Gasteiger partial charge in [0.25, 0.3) is 0 Å². The largest absolute Gasteiger partial charge is 0.337 e. The molecular weight excluding hydrogens is 194 g/mol. The van der Waals surface area contributed by atoms with Crippen molar-refractivity contribution in [3.8, 4) is 11.8 Å². The SMILES string of the molecule is N#Cc1ccc(-n2cc[nH]c2=S)cc1. The highest BCUT2D eigenvalue weighted by Crippen LogP contribution is 2.09. The molecule has 2 aromatic rings. The Bertz CT molecular complexity index is 527. The lowest BCUT2D eigenvalue weighted by Gasteiger charge is -2.00. The van der Waals surface area contributed by atoms with Crippen LogP contribution in [-0.4, -0.2) is 9.55 Å². The molecule has 0 aliphatic heterocycles. The van der Waals surface area contributed by atoms with E-state index in [1.165, 1.54) is 0 Å². The third-order valence-corrected chi connectivity index (χ3v) is 2.24. The maximum absolute atomic E-state index is 8.63. The molecule has 0 unspecified atom stereocenters. The lowest BCUT2D eigenvalue weighted by atomic mass is 10.2. The molecule has 1 aromatic heterocycles. The molecule has 0 amide bonds. The number of nitrogens with one attached hydrogen (secondary N) is 1. The van der Waals surface area contributed by atoms with Crippen molar-refractivity contribution in [2.75, 3.05) is 0 Å². The van der Waals surface area contributed by atoms with Gasteiger partial charge in [-0.1, -0.05) is 0 Å². The van der Waals surface area contributed by atoms with Crippen molar-refractivity contribution < 1.29 is 0 Å². The highest BCUT2D eigenvalue weighted by molar-refractivity contribution is 7.71. The smallest absolute Gasteiger partial charge is 0.181 e. The molecule has 0 fully saturated rings. The molecule has 3 nitrogen and oxygen atoms in total. The Morgan fingerprint density at radius 3 is 2.50 bits per heavy atom. The zero-order valence-corrected chi connectivity index (χ0v) is 8.08. The average Bonchev–Trinajstić information content (AvgIpc) is 2.65. The lowest BCUT2D eigenvalue weighted by molar-refractivity contribution is 1.03. The molecule has 0 atom stereocenters. The second kappa shape index (κ2) is 3.48. The first-order valence-corrected chi connectivity index (χ1v) is 4.48. The zero-order valence-electron chi connectivity index (χ0n) is 7.27. The first-order valence-electron chi connectivity index (χ1n) is 4.08. The van der Waals surface area contributed by atoms with Gasteiger partial charge in [-0.15, -0.1) is 0 Å². The van der Waals surface area contributed by atoms with E-state index in [9.17, 15) is 0 Å². The van der Waals surface area contributed by atoms with Gasteiger partial charge in [-0.25, -0.2) is 0 Å². The predicted octanol–water partition coefficient (Wildman–Crippen LogP) is 2.41. The maximum atomic E-state index is 8.63. The minimum atomic E-state index is 0.648. The fourth-order valence-corrected chi connectivity index (χ4v) is 1.45. The Balaban J connectivity index is 2.50. The van der Waals surface area contributed by atoms with E-state index in [4.69, 9.17) is 17.5 Å². The van der Waals surface area contributed by atoms with Crippen molar-refractivity contribution in [3.05, 3.63) is 47.0 Å². The number of rotatable bonds is 1. The number of H-pyrrole nitrogens is 1. The van der Waals surface area contributed by atoms with Gasteiger partial charge in [-0.3, -0.25) is 4.57 Å².